The average molecular weight is 108 g/mol. The molecule has 1 heterocycles. The van der Waals surface area contributed by atoms with Crippen LogP contribution in [-0.2, 0) is 4.74 Å². The first kappa shape index (κ1) is 5.16. The fourth-order valence-corrected chi connectivity index (χ4v) is 0.474. The maximum atomic E-state index is 4.96. The predicted octanol–water partition coefficient (Wildman–Crippen LogP) is 1.64. The van der Waals surface area contributed by atoms with Crippen molar-refractivity contribution in [2.45, 2.75) is 0 Å². The molecule has 0 spiro atoms. The lowest BCUT2D eigenvalue weighted by molar-refractivity contribution is 0.289. The summed E-state index contributed by atoms with van der Waals surface area (Å²) in [6, 6.07) is 0. The summed E-state index contributed by atoms with van der Waals surface area (Å²) in [4.78, 5) is 0. The van der Waals surface area contributed by atoms with Gasteiger partial charge in [-0.15, -0.1) is 0 Å². The molecule has 0 atom stereocenters. The van der Waals surface area contributed by atoms with Crippen molar-refractivity contribution in [3.05, 3.63) is 36.6 Å². The van der Waals surface area contributed by atoms with Crippen LogP contribution in [-0.4, -0.2) is 6.61 Å². The summed E-state index contributed by atoms with van der Waals surface area (Å²) in [5.74, 6) is 0. The van der Waals surface area contributed by atoms with Crippen LogP contribution in [0, 0.1) is 0 Å². The van der Waals surface area contributed by atoms with Crippen molar-refractivity contribution in [2.75, 3.05) is 6.61 Å². The molecule has 0 aromatic rings. The zero-order valence-corrected chi connectivity index (χ0v) is 4.58. The van der Waals surface area contributed by atoms with Crippen LogP contribution in [0.4, 0.5) is 0 Å². The predicted molar refractivity (Wildman–Crippen MR) is 33.4 cm³/mol. The molecule has 0 aromatic carbocycles. The van der Waals surface area contributed by atoms with Crippen molar-refractivity contribution in [3.8, 4) is 0 Å². The SMILES string of the molecule is C1=C/C=C\OCC=C1. The second-order valence-corrected chi connectivity index (χ2v) is 1.47. The van der Waals surface area contributed by atoms with Gasteiger partial charge in [-0.1, -0.05) is 18.2 Å². The molecule has 0 bridgehead atoms. The lowest BCUT2D eigenvalue weighted by atomic mass is 10.4. The normalized spacial score (nSPS) is 21.0. The fourth-order valence-electron chi connectivity index (χ4n) is 0.474. The van der Waals surface area contributed by atoms with Crippen LogP contribution in [0.2, 0.25) is 0 Å². The van der Waals surface area contributed by atoms with E-state index in [0.717, 1.165) is 0 Å². The standard InChI is InChI=1S/C7H8O/c1-2-4-6-8-7-5-3-1/h1-6H,7H2/b2-1?,5-3?,6-4-. The molecule has 1 aliphatic heterocycles. The molecule has 1 heteroatoms. The van der Waals surface area contributed by atoms with Gasteiger partial charge in [-0.3, -0.25) is 0 Å². The smallest absolute Gasteiger partial charge is 0.106 e. The van der Waals surface area contributed by atoms with Crippen molar-refractivity contribution >= 4 is 0 Å². The van der Waals surface area contributed by atoms with E-state index in [0.29, 0.717) is 6.61 Å². The van der Waals surface area contributed by atoms with Gasteiger partial charge in [0.15, 0.2) is 0 Å². The summed E-state index contributed by atoms with van der Waals surface area (Å²) in [5, 5.41) is 0. The second kappa shape index (κ2) is 3.08. The first-order valence-electron chi connectivity index (χ1n) is 2.60. The number of hydrogen-bond acceptors (Lipinski definition) is 1. The van der Waals surface area contributed by atoms with Crippen molar-refractivity contribution < 1.29 is 4.74 Å². The molecule has 0 fully saturated rings. The van der Waals surface area contributed by atoms with Crippen LogP contribution in [0.5, 0.6) is 0 Å². The van der Waals surface area contributed by atoms with Crippen LogP contribution in [0.3, 0.4) is 0 Å². The molecule has 8 heavy (non-hydrogen) atoms. The van der Waals surface area contributed by atoms with E-state index in [1.807, 2.05) is 30.4 Å². The molecule has 0 saturated carbocycles. The largest absolute Gasteiger partial charge is 0.497 e. The van der Waals surface area contributed by atoms with Crippen molar-refractivity contribution in [1.29, 1.82) is 0 Å². The molecular weight excluding hydrogens is 100 g/mol. The molecule has 0 aromatic heterocycles. The number of hydrogen-bond donors (Lipinski definition) is 0. The summed E-state index contributed by atoms with van der Waals surface area (Å²) in [6.45, 7) is 0.681. The quantitative estimate of drug-likeness (QED) is 0.458. The molecule has 0 saturated heterocycles. The minimum absolute atomic E-state index is 0.681. The minimum atomic E-state index is 0.681. The first-order chi connectivity index (χ1) is 4.00. The molecule has 1 aliphatic rings. The molecule has 0 aliphatic carbocycles. The van der Waals surface area contributed by atoms with Gasteiger partial charge in [0, 0.05) is 0 Å². The minimum Gasteiger partial charge on any atom is -0.497 e. The number of rotatable bonds is 0. The fraction of sp³-hybridized carbons (Fsp3) is 0.143. The summed E-state index contributed by atoms with van der Waals surface area (Å²) in [6.07, 6.45) is 11.4. The third kappa shape index (κ3) is 1.65. The van der Waals surface area contributed by atoms with Gasteiger partial charge < -0.3 is 4.74 Å². The van der Waals surface area contributed by atoms with Crippen molar-refractivity contribution in [2.24, 2.45) is 0 Å². The Hall–Kier alpha value is -0.980. The number of allylic oxidation sites excluding steroid dienone is 4. The molecule has 0 N–H and O–H groups in total. The van der Waals surface area contributed by atoms with Gasteiger partial charge in [0.1, 0.15) is 6.61 Å². The van der Waals surface area contributed by atoms with Gasteiger partial charge >= 0.3 is 0 Å². The number of ether oxygens (including phenoxy) is 1. The second-order valence-electron chi connectivity index (χ2n) is 1.47. The van der Waals surface area contributed by atoms with Gasteiger partial charge in [0.05, 0.1) is 6.26 Å². The van der Waals surface area contributed by atoms with Gasteiger partial charge in [-0.2, -0.15) is 0 Å². The molecule has 0 amide bonds. The maximum absolute atomic E-state index is 4.96. The van der Waals surface area contributed by atoms with E-state index in [1.165, 1.54) is 0 Å². The Labute approximate surface area is 49.0 Å². The molecule has 0 radical (unpaired) electrons. The van der Waals surface area contributed by atoms with Crippen LogP contribution in [0.1, 0.15) is 0 Å². The Morgan fingerprint density at radius 1 is 1.00 bits per heavy atom. The van der Waals surface area contributed by atoms with Crippen LogP contribution in [0.15, 0.2) is 36.6 Å². The van der Waals surface area contributed by atoms with E-state index in [-0.39, 0.29) is 0 Å². The Bertz CT molecular complexity index is 115. The highest BCUT2D eigenvalue weighted by atomic mass is 16.5. The lowest BCUT2D eigenvalue weighted by Crippen LogP contribution is -1.80. The third-order valence-electron chi connectivity index (χ3n) is 0.837. The van der Waals surface area contributed by atoms with Crippen molar-refractivity contribution in [3.63, 3.8) is 0 Å². The average Bonchev–Trinajstić information content (AvgIpc) is 1.62. The molecule has 42 valence electrons. The van der Waals surface area contributed by atoms with Crippen LogP contribution >= 0.6 is 0 Å². The molecule has 1 nitrogen and oxygen atoms in total. The summed E-state index contributed by atoms with van der Waals surface area (Å²) < 4.78 is 4.96. The zero-order chi connectivity index (χ0) is 5.66. The van der Waals surface area contributed by atoms with Crippen LogP contribution in [0.25, 0.3) is 0 Å². The Kier molecular flexibility index (Phi) is 1.99. The zero-order valence-electron chi connectivity index (χ0n) is 4.58. The topological polar surface area (TPSA) is 9.23 Å². The summed E-state index contributed by atoms with van der Waals surface area (Å²) in [7, 11) is 0. The highest BCUT2D eigenvalue weighted by Crippen LogP contribution is 1.87. The van der Waals surface area contributed by atoms with Gasteiger partial charge in [0.2, 0.25) is 0 Å². The van der Waals surface area contributed by atoms with E-state index >= 15 is 0 Å². The Balaban J connectivity index is 2.51. The molecule has 0 unspecified atom stereocenters. The molecule has 1 rings (SSSR count). The van der Waals surface area contributed by atoms with Crippen molar-refractivity contribution in [1.82, 2.24) is 0 Å². The van der Waals surface area contributed by atoms with Gasteiger partial charge in [-0.05, 0) is 12.2 Å². The van der Waals surface area contributed by atoms with E-state index in [4.69, 9.17) is 4.74 Å². The monoisotopic (exact) mass is 108 g/mol. The first-order valence-corrected chi connectivity index (χ1v) is 2.60. The maximum Gasteiger partial charge on any atom is 0.106 e. The third-order valence-corrected chi connectivity index (χ3v) is 0.837. The Morgan fingerprint density at radius 2 is 1.88 bits per heavy atom. The lowest BCUT2D eigenvalue weighted by Gasteiger charge is -1.92. The summed E-state index contributed by atoms with van der Waals surface area (Å²) >= 11 is 0. The van der Waals surface area contributed by atoms with E-state index < -0.39 is 0 Å². The highest BCUT2D eigenvalue weighted by Gasteiger charge is 1.73. The van der Waals surface area contributed by atoms with Crippen LogP contribution < -0.4 is 0 Å². The van der Waals surface area contributed by atoms with Gasteiger partial charge in [0.25, 0.3) is 0 Å². The molecular formula is C7H8O. The van der Waals surface area contributed by atoms with E-state index in [1.54, 1.807) is 6.26 Å². The highest BCUT2D eigenvalue weighted by molar-refractivity contribution is 5.11. The Morgan fingerprint density at radius 3 is 2.88 bits per heavy atom. The van der Waals surface area contributed by atoms with E-state index in [2.05, 4.69) is 0 Å². The van der Waals surface area contributed by atoms with Gasteiger partial charge in [-0.25, -0.2) is 0 Å². The summed E-state index contributed by atoms with van der Waals surface area (Å²) in [5.41, 5.74) is 0. The van der Waals surface area contributed by atoms with E-state index in [9.17, 15) is 0 Å².